The van der Waals surface area contributed by atoms with E-state index in [9.17, 15) is 4.79 Å². The summed E-state index contributed by atoms with van der Waals surface area (Å²) in [6.07, 6.45) is 4.12. The Morgan fingerprint density at radius 1 is 0.840 bits per heavy atom. The van der Waals surface area contributed by atoms with E-state index in [4.69, 9.17) is 9.47 Å². The van der Waals surface area contributed by atoms with Gasteiger partial charge in [-0.15, -0.1) is 0 Å². The summed E-state index contributed by atoms with van der Waals surface area (Å²) in [5.41, 5.74) is 1.30. The molecule has 0 bridgehead atoms. The van der Waals surface area contributed by atoms with E-state index in [1.54, 1.807) is 6.07 Å². The Balaban J connectivity index is 2.21. The predicted octanol–water partition coefficient (Wildman–Crippen LogP) is 5.88. The van der Waals surface area contributed by atoms with Crippen molar-refractivity contribution < 1.29 is 14.3 Å². The fourth-order valence-electron chi connectivity index (χ4n) is 2.30. The lowest BCUT2D eigenvalue weighted by Gasteiger charge is -2.14. The van der Waals surface area contributed by atoms with Gasteiger partial charge in [0.15, 0.2) is 17.3 Å². The Labute approximate surface area is 163 Å². The van der Waals surface area contributed by atoms with Gasteiger partial charge in [0.25, 0.3) is 0 Å². The van der Waals surface area contributed by atoms with Crippen LogP contribution in [-0.2, 0) is 0 Å². The second-order valence-electron chi connectivity index (χ2n) is 5.90. The van der Waals surface area contributed by atoms with Crippen molar-refractivity contribution in [1.82, 2.24) is 0 Å². The van der Waals surface area contributed by atoms with Crippen molar-refractivity contribution in [2.45, 2.75) is 39.5 Å². The second-order valence-corrected chi connectivity index (χ2v) is 7.15. The number of rotatable bonds is 10. The Kier molecular flexibility index (Phi) is 8.25. The van der Waals surface area contributed by atoms with Crippen LogP contribution in [0.4, 0.5) is 0 Å². The van der Waals surface area contributed by atoms with E-state index >= 15 is 0 Å². The first-order valence-electron chi connectivity index (χ1n) is 8.85. The smallest absolute Gasteiger partial charge is 0.193 e. The number of ether oxygens (including phenoxy) is 2. The summed E-state index contributed by atoms with van der Waals surface area (Å²) in [7, 11) is 0. The molecular formula is C21H25IO3. The maximum atomic E-state index is 12.7. The summed E-state index contributed by atoms with van der Waals surface area (Å²) in [5, 5.41) is 0. The zero-order chi connectivity index (χ0) is 18.1. The molecule has 0 aliphatic rings. The van der Waals surface area contributed by atoms with E-state index in [0.717, 1.165) is 29.3 Å². The summed E-state index contributed by atoms with van der Waals surface area (Å²) in [6.45, 7) is 5.54. The van der Waals surface area contributed by atoms with Gasteiger partial charge in [0.05, 0.1) is 13.2 Å². The van der Waals surface area contributed by atoms with E-state index in [2.05, 4.69) is 36.4 Å². The molecule has 134 valence electrons. The predicted molar refractivity (Wildman–Crippen MR) is 110 cm³/mol. The van der Waals surface area contributed by atoms with Crippen LogP contribution in [0.3, 0.4) is 0 Å². The molecule has 0 N–H and O–H groups in total. The van der Waals surface area contributed by atoms with E-state index in [0.29, 0.717) is 35.8 Å². The first kappa shape index (κ1) is 19.8. The van der Waals surface area contributed by atoms with Gasteiger partial charge in [-0.25, -0.2) is 0 Å². The van der Waals surface area contributed by atoms with Gasteiger partial charge in [-0.3, -0.25) is 4.79 Å². The summed E-state index contributed by atoms with van der Waals surface area (Å²) >= 11 is 2.23. The van der Waals surface area contributed by atoms with Crippen molar-refractivity contribution in [1.29, 1.82) is 0 Å². The highest BCUT2D eigenvalue weighted by Gasteiger charge is 2.13. The maximum absolute atomic E-state index is 12.7. The monoisotopic (exact) mass is 452 g/mol. The molecule has 0 amide bonds. The SMILES string of the molecule is CCCCOc1ccc(C(=O)c2ccc(I)cc2)cc1OCCCC. The van der Waals surface area contributed by atoms with Gasteiger partial charge in [-0.2, -0.15) is 0 Å². The molecule has 0 heterocycles. The van der Waals surface area contributed by atoms with E-state index in [1.807, 2.05) is 36.4 Å². The van der Waals surface area contributed by atoms with Gasteiger partial charge in [0, 0.05) is 14.7 Å². The van der Waals surface area contributed by atoms with Gasteiger partial charge in [-0.05, 0) is 77.9 Å². The van der Waals surface area contributed by atoms with Gasteiger partial charge in [0.2, 0.25) is 0 Å². The molecule has 0 aliphatic heterocycles. The molecule has 0 fully saturated rings. The molecule has 3 nitrogen and oxygen atoms in total. The van der Waals surface area contributed by atoms with Gasteiger partial charge >= 0.3 is 0 Å². The summed E-state index contributed by atoms with van der Waals surface area (Å²) < 4.78 is 12.8. The van der Waals surface area contributed by atoms with Crippen molar-refractivity contribution in [3.05, 3.63) is 57.2 Å². The van der Waals surface area contributed by atoms with Crippen LogP contribution in [0.2, 0.25) is 0 Å². The lowest BCUT2D eigenvalue weighted by atomic mass is 10.0. The second kappa shape index (κ2) is 10.4. The number of ketones is 1. The highest BCUT2D eigenvalue weighted by atomic mass is 127. The zero-order valence-electron chi connectivity index (χ0n) is 14.9. The van der Waals surface area contributed by atoms with E-state index in [-0.39, 0.29) is 5.78 Å². The average Bonchev–Trinajstić information content (AvgIpc) is 2.63. The van der Waals surface area contributed by atoms with Gasteiger partial charge in [-0.1, -0.05) is 26.7 Å². The molecule has 25 heavy (non-hydrogen) atoms. The van der Waals surface area contributed by atoms with Crippen LogP contribution in [0.5, 0.6) is 11.5 Å². The fraction of sp³-hybridized carbons (Fsp3) is 0.381. The Hall–Kier alpha value is -1.56. The standard InChI is InChI=1S/C21H25IO3/c1-3-5-13-24-19-12-9-17(15-20(19)25-14-6-4-2)21(23)16-7-10-18(22)11-8-16/h7-12,15H,3-6,13-14H2,1-2H3. The van der Waals surface area contributed by atoms with Gasteiger partial charge < -0.3 is 9.47 Å². The van der Waals surface area contributed by atoms with Crippen LogP contribution in [0, 0.1) is 3.57 Å². The lowest BCUT2D eigenvalue weighted by Crippen LogP contribution is -2.06. The topological polar surface area (TPSA) is 35.5 Å². The number of hydrogen-bond donors (Lipinski definition) is 0. The van der Waals surface area contributed by atoms with Crippen LogP contribution < -0.4 is 9.47 Å². The first-order chi connectivity index (χ1) is 12.2. The van der Waals surface area contributed by atoms with Crippen molar-refractivity contribution in [2.75, 3.05) is 13.2 Å². The summed E-state index contributed by atoms with van der Waals surface area (Å²) in [5.74, 6) is 1.36. The van der Waals surface area contributed by atoms with E-state index < -0.39 is 0 Å². The number of hydrogen-bond acceptors (Lipinski definition) is 3. The number of carbonyl (C=O) groups excluding carboxylic acids is 1. The molecule has 0 spiro atoms. The average molecular weight is 452 g/mol. The molecule has 0 saturated heterocycles. The quantitative estimate of drug-likeness (QED) is 0.257. The number of carbonyl (C=O) groups is 1. The molecule has 0 atom stereocenters. The van der Waals surface area contributed by atoms with Crippen molar-refractivity contribution >= 4 is 28.4 Å². The largest absolute Gasteiger partial charge is 0.490 e. The minimum Gasteiger partial charge on any atom is -0.490 e. The minimum absolute atomic E-state index is 0.00292. The van der Waals surface area contributed by atoms with Crippen molar-refractivity contribution in [3.63, 3.8) is 0 Å². The molecule has 2 aromatic carbocycles. The molecule has 0 aliphatic carbocycles. The van der Waals surface area contributed by atoms with Crippen LogP contribution >= 0.6 is 22.6 Å². The lowest BCUT2D eigenvalue weighted by molar-refractivity contribution is 0.103. The molecule has 0 radical (unpaired) electrons. The first-order valence-corrected chi connectivity index (χ1v) is 9.93. The van der Waals surface area contributed by atoms with Crippen LogP contribution in [0.15, 0.2) is 42.5 Å². The number of benzene rings is 2. The Morgan fingerprint density at radius 3 is 2.00 bits per heavy atom. The number of halogens is 1. The summed E-state index contributed by atoms with van der Waals surface area (Å²) in [4.78, 5) is 12.7. The molecule has 0 saturated carbocycles. The summed E-state index contributed by atoms with van der Waals surface area (Å²) in [6, 6.07) is 13.0. The third-order valence-corrected chi connectivity index (χ3v) is 4.54. The maximum Gasteiger partial charge on any atom is 0.193 e. The number of unbranched alkanes of at least 4 members (excludes halogenated alkanes) is 2. The fourth-order valence-corrected chi connectivity index (χ4v) is 2.66. The molecule has 2 aromatic rings. The van der Waals surface area contributed by atoms with Crippen LogP contribution in [0.25, 0.3) is 0 Å². The third-order valence-electron chi connectivity index (χ3n) is 3.82. The van der Waals surface area contributed by atoms with E-state index in [1.165, 1.54) is 0 Å². The third kappa shape index (κ3) is 6.03. The van der Waals surface area contributed by atoms with Crippen molar-refractivity contribution in [3.8, 4) is 11.5 Å². The Bertz CT molecular complexity index is 680. The van der Waals surface area contributed by atoms with Gasteiger partial charge in [0.1, 0.15) is 0 Å². The van der Waals surface area contributed by atoms with Crippen LogP contribution in [0.1, 0.15) is 55.5 Å². The van der Waals surface area contributed by atoms with Crippen LogP contribution in [-0.4, -0.2) is 19.0 Å². The zero-order valence-corrected chi connectivity index (χ0v) is 17.0. The molecular weight excluding hydrogens is 427 g/mol. The van der Waals surface area contributed by atoms with Crippen molar-refractivity contribution in [2.24, 2.45) is 0 Å². The Morgan fingerprint density at radius 2 is 1.40 bits per heavy atom. The molecule has 0 unspecified atom stereocenters. The molecule has 4 heteroatoms. The minimum atomic E-state index is -0.00292. The normalized spacial score (nSPS) is 10.5. The highest BCUT2D eigenvalue weighted by Crippen LogP contribution is 2.30. The molecule has 2 rings (SSSR count). The highest BCUT2D eigenvalue weighted by molar-refractivity contribution is 14.1. The molecule has 0 aromatic heterocycles.